The third-order valence-corrected chi connectivity index (χ3v) is 3.78. The van der Waals surface area contributed by atoms with E-state index in [1.807, 2.05) is 0 Å². The summed E-state index contributed by atoms with van der Waals surface area (Å²) < 4.78 is 5.23. The van der Waals surface area contributed by atoms with Gasteiger partial charge < -0.3 is 15.2 Å². The number of thiophene rings is 1. The van der Waals surface area contributed by atoms with Gasteiger partial charge in [0.15, 0.2) is 6.10 Å². The van der Waals surface area contributed by atoms with E-state index < -0.39 is 22.9 Å². The van der Waals surface area contributed by atoms with E-state index in [2.05, 4.69) is 5.32 Å². The zero-order valence-electron chi connectivity index (χ0n) is 10.3. The number of hydrogen-bond donors (Lipinski definition) is 2. The molecule has 9 heteroatoms. The maximum Gasteiger partial charge on any atom is 0.332 e. The van der Waals surface area contributed by atoms with Crippen molar-refractivity contribution in [3.63, 3.8) is 0 Å². The van der Waals surface area contributed by atoms with Gasteiger partial charge in [0.25, 0.3) is 5.91 Å². The van der Waals surface area contributed by atoms with E-state index in [1.54, 1.807) is 0 Å². The molecule has 0 saturated carbocycles. The smallest absolute Gasteiger partial charge is 0.332 e. The lowest BCUT2D eigenvalue weighted by Gasteiger charge is -2.11. The topological polar surface area (TPSA) is 119 Å². The molecular formula is C11H12N2O6S. The number of nitro groups is 1. The molecule has 1 amide bonds. The monoisotopic (exact) mass is 300 g/mol. The van der Waals surface area contributed by atoms with Crippen molar-refractivity contribution in [1.29, 1.82) is 0 Å². The van der Waals surface area contributed by atoms with Gasteiger partial charge in [0, 0.05) is 18.0 Å². The summed E-state index contributed by atoms with van der Waals surface area (Å²) in [5.41, 5.74) is 0.217. The Balaban J connectivity index is 1.83. The summed E-state index contributed by atoms with van der Waals surface area (Å²) in [6, 6.07) is 1.20. The Morgan fingerprint density at radius 2 is 2.30 bits per heavy atom. The molecule has 1 aromatic rings. The van der Waals surface area contributed by atoms with Crippen LogP contribution in [0.5, 0.6) is 0 Å². The van der Waals surface area contributed by atoms with Gasteiger partial charge in [-0.1, -0.05) is 11.3 Å². The van der Waals surface area contributed by atoms with Crippen molar-refractivity contribution in [2.75, 3.05) is 6.54 Å². The van der Waals surface area contributed by atoms with Gasteiger partial charge in [0.2, 0.25) is 0 Å². The molecule has 0 spiro atoms. The first-order valence-corrected chi connectivity index (χ1v) is 6.74. The molecule has 108 valence electrons. The van der Waals surface area contributed by atoms with Crippen LogP contribution in [0.2, 0.25) is 0 Å². The summed E-state index contributed by atoms with van der Waals surface area (Å²) in [6.45, 7) is 0.187. The number of ether oxygens (including phenoxy) is 1. The zero-order chi connectivity index (χ0) is 14.7. The van der Waals surface area contributed by atoms with Crippen molar-refractivity contribution in [2.45, 2.75) is 25.0 Å². The van der Waals surface area contributed by atoms with Gasteiger partial charge in [0.1, 0.15) is 0 Å². The fraction of sp³-hybridized carbons (Fsp3) is 0.455. The van der Waals surface area contributed by atoms with Crippen molar-refractivity contribution in [3.8, 4) is 0 Å². The minimum atomic E-state index is -1.01. The number of rotatable bonds is 5. The van der Waals surface area contributed by atoms with Crippen molar-refractivity contribution in [1.82, 2.24) is 5.32 Å². The lowest BCUT2D eigenvalue weighted by molar-refractivity contribution is -0.380. The molecule has 2 unspecified atom stereocenters. The van der Waals surface area contributed by atoms with Gasteiger partial charge in [0.05, 0.1) is 16.6 Å². The molecule has 2 rings (SSSR count). The molecule has 0 aromatic carbocycles. The summed E-state index contributed by atoms with van der Waals surface area (Å²) in [4.78, 5) is 32.4. The Morgan fingerprint density at radius 3 is 2.85 bits per heavy atom. The van der Waals surface area contributed by atoms with Crippen LogP contribution < -0.4 is 5.32 Å². The zero-order valence-corrected chi connectivity index (χ0v) is 11.1. The van der Waals surface area contributed by atoms with E-state index in [1.165, 1.54) is 11.4 Å². The van der Waals surface area contributed by atoms with Crippen LogP contribution in [0.15, 0.2) is 11.4 Å². The lowest BCUT2D eigenvalue weighted by Crippen LogP contribution is -2.32. The molecule has 1 aliphatic heterocycles. The molecule has 2 heterocycles. The lowest BCUT2D eigenvalue weighted by atomic mass is 10.2. The number of hydrogen-bond acceptors (Lipinski definition) is 6. The van der Waals surface area contributed by atoms with Crippen molar-refractivity contribution < 1.29 is 24.4 Å². The van der Waals surface area contributed by atoms with Gasteiger partial charge in [-0.2, -0.15) is 0 Å². The minimum absolute atomic E-state index is 0.0989. The van der Waals surface area contributed by atoms with Gasteiger partial charge in [-0.25, -0.2) is 4.79 Å². The first kappa shape index (κ1) is 14.4. The van der Waals surface area contributed by atoms with E-state index >= 15 is 0 Å². The number of carbonyl (C=O) groups excluding carboxylic acids is 1. The molecule has 1 saturated heterocycles. The summed E-state index contributed by atoms with van der Waals surface area (Å²) >= 11 is 0.880. The fourth-order valence-corrected chi connectivity index (χ4v) is 2.59. The van der Waals surface area contributed by atoms with Crippen LogP contribution in [0.4, 0.5) is 5.00 Å². The second-order valence-electron chi connectivity index (χ2n) is 4.30. The highest BCUT2D eigenvalue weighted by molar-refractivity contribution is 7.13. The molecule has 0 radical (unpaired) electrons. The maximum absolute atomic E-state index is 11.8. The largest absolute Gasteiger partial charge is 0.479 e. The van der Waals surface area contributed by atoms with Crippen molar-refractivity contribution in [2.24, 2.45) is 0 Å². The highest BCUT2D eigenvalue weighted by Crippen LogP contribution is 2.23. The molecule has 1 aromatic heterocycles. The molecule has 2 N–H and O–H groups in total. The third-order valence-electron chi connectivity index (χ3n) is 2.90. The number of nitrogens with one attached hydrogen (secondary N) is 1. The highest BCUT2D eigenvalue weighted by atomic mass is 32.1. The molecule has 1 fully saturated rings. The Morgan fingerprint density at radius 1 is 1.55 bits per heavy atom. The molecule has 2 atom stereocenters. The first-order valence-electron chi connectivity index (χ1n) is 5.86. The fourth-order valence-electron chi connectivity index (χ4n) is 1.89. The Hall–Kier alpha value is -2.00. The molecular weight excluding hydrogens is 288 g/mol. The van der Waals surface area contributed by atoms with Crippen LogP contribution in [-0.4, -0.2) is 40.7 Å². The van der Waals surface area contributed by atoms with Gasteiger partial charge in [-0.15, -0.1) is 0 Å². The highest BCUT2D eigenvalue weighted by Gasteiger charge is 2.30. The van der Waals surface area contributed by atoms with Crippen LogP contribution >= 0.6 is 11.3 Å². The number of nitrogens with zero attached hydrogens (tertiary/aromatic N) is 1. The second kappa shape index (κ2) is 5.97. The summed E-state index contributed by atoms with van der Waals surface area (Å²) in [5.74, 6) is -1.44. The summed E-state index contributed by atoms with van der Waals surface area (Å²) in [6.07, 6.45) is -0.186. The number of aliphatic carboxylic acids is 1. The summed E-state index contributed by atoms with van der Waals surface area (Å²) in [5, 5.41) is 23.2. The number of carboxylic acids is 1. The van der Waals surface area contributed by atoms with E-state index in [0.717, 1.165) is 11.3 Å². The standard InChI is InChI=1S/C11H12N2O6S/c14-10(6-3-9(13(17)18)20-5-6)12-4-7-1-2-8(19-7)11(15)16/h3,5,7-8H,1-2,4H2,(H,12,14)(H,15,16). The molecule has 0 bridgehead atoms. The van der Waals surface area contributed by atoms with Crippen LogP contribution in [0.1, 0.15) is 23.2 Å². The minimum Gasteiger partial charge on any atom is -0.479 e. The number of carboxylic acid groups (broad SMARTS) is 1. The second-order valence-corrected chi connectivity index (χ2v) is 5.19. The number of carbonyl (C=O) groups is 2. The normalized spacial score (nSPS) is 21.6. The Labute approximate surface area is 117 Å². The maximum atomic E-state index is 11.8. The van der Waals surface area contributed by atoms with Crippen molar-refractivity contribution >= 4 is 28.2 Å². The molecule has 8 nitrogen and oxygen atoms in total. The molecule has 20 heavy (non-hydrogen) atoms. The Bertz CT molecular complexity index is 543. The Kier molecular flexibility index (Phi) is 4.30. The van der Waals surface area contributed by atoms with Crippen LogP contribution in [0, 0.1) is 10.1 Å². The van der Waals surface area contributed by atoms with E-state index in [-0.39, 0.29) is 23.2 Å². The van der Waals surface area contributed by atoms with Crippen LogP contribution in [-0.2, 0) is 9.53 Å². The first-order chi connectivity index (χ1) is 9.47. The van der Waals surface area contributed by atoms with Gasteiger partial charge in [-0.05, 0) is 12.8 Å². The van der Waals surface area contributed by atoms with E-state index in [0.29, 0.717) is 12.8 Å². The molecule has 1 aliphatic rings. The van der Waals surface area contributed by atoms with E-state index in [9.17, 15) is 19.7 Å². The average Bonchev–Trinajstić information content (AvgIpc) is 3.05. The third kappa shape index (κ3) is 3.31. The SMILES string of the molecule is O=C(NCC1CCC(C(=O)O)O1)c1csc([N+](=O)[O-])c1. The average molecular weight is 300 g/mol. The predicted octanol–water partition coefficient (Wildman–Crippen LogP) is 1.02. The van der Waals surface area contributed by atoms with Gasteiger partial charge in [-0.3, -0.25) is 14.9 Å². The van der Waals surface area contributed by atoms with Gasteiger partial charge >= 0.3 is 11.0 Å². The van der Waals surface area contributed by atoms with Crippen LogP contribution in [0.3, 0.4) is 0 Å². The quantitative estimate of drug-likeness (QED) is 0.619. The predicted molar refractivity (Wildman–Crippen MR) is 68.8 cm³/mol. The molecule has 0 aliphatic carbocycles. The van der Waals surface area contributed by atoms with Crippen LogP contribution in [0.25, 0.3) is 0 Å². The number of amides is 1. The van der Waals surface area contributed by atoms with E-state index in [4.69, 9.17) is 9.84 Å². The van der Waals surface area contributed by atoms with Crippen molar-refractivity contribution in [3.05, 3.63) is 27.1 Å². The summed E-state index contributed by atoms with van der Waals surface area (Å²) in [7, 11) is 0.